The van der Waals surface area contributed by atoms with Crippen molar-refractivity contribution in [3.05, 3.63) is 83.2 Å². The monoisotopic (exact) mass is 480 g/mol. The topological polar surface area (TPSA) is 79.0 Å². The van der Waals surface area contributed by atoms with Crippen LogP contribution < -0.4 is 15.4 Å². The quantitative estimate of drug-likeness (QED) is 0.234. The summed E-state index contributed by atoms with van der Waals surface area (Å²) in [6.45, 7) is -0.600. The maximum Gasteiger partial charge on any atom is 0.416 e. The number of aromatic nitrogens is 2. The fourth-order valence-electron chi connectivity index (χ4n) is 3.08. The molecule has 0 saturated heterocycles. The van der Waals surface area contributed by atoms with Gasteiger partial charge in [-0.2, -0.15) is 18.3 Å². The van der Waals surface area contributed by atoms with Gasteiger partial charge in [0.1, 0.15) is 18.2 Å². The Kier molecular flexibility index (Phi) is 6.05. The number of amides is 2. The van der Waals surface area contributed by atoms with Gasteiger partial charge in [0.25, 0.3) is 0 Å². The van der Waals surface area contributed by atoms with Crippen molar-refractivity contribution in [1.82, 2.24) is 10.2 Å². The Morgan fingerprint density at radius 1 is 0.971 bits per heavy atom. The molecular formula is C22H14F6N4O2. The van der Waals surface area contributed by atoms with Crippen LogP contribution in [0.5, 0.6) is 5.75 Å². The first-order valence-electron chi connectivity index (χ1n) is 9.60. The van der Waals surface area contributed by atoms with E-state index in [1.165, 1.54) is 24.3 Å². The number of hydrogen-bond acceptors (Lipinski definition) is 3. The van der Waals surface area contributed by atoms with Gasteiger partial charge in [0, 0.05) is 11.1 Å². The first-order valence-corrected chi connectivity index (χ1v) is 9.60. The zero-order valence-electron chi connectivity index (χ0n) is 16.9. The summed E-state index contributed by atoms with van der Waals surface area (Å²) in [6, 6.07) is 9.05. The van der Waals surface area contributed by atoms with Gasteiger partial charge in [-0.25, -0.2) is 18.0 Å². The van der Waals surface area contributed by atoms with Crippen LogP contribution in [0, 0.1) is 17.5 Å². The summed E-state index contributed by atoms with van der Waals surface area (Å²) in [5.74, 6) is -3.40. The van der Waals surface area contributed by atoms with Crippen molar-refractivity contribution < 1.29 is 35.9 Å². The van der Waals surface area contributed by atoms with E-state index in [2.05, 4.69) is 20.8 Å². The van der Waals surface area contributed by atoms with E-state index in [0.717, 1.165) is 24.3 Å². The van der Waals surface area contributed by atoms with Crippen LogP contribution in [-0.4, -0.2) is 16.2 Å². The molecule has 4 aromatic rings. The Balaban J connectivity index is 1.49. The van der Waals surface area contributed by atoms with Crippen molar-refractivity contribution in [3.8, 4) is 5.75 Å². The number of anilines is 2. The Morgan fingerprint density at radius 3 is 2.50 bits per heavy atom. The zero-order valence-corrected chi connectivity index (χ0v) is 16.9. The molecule has 0 unspecified atom stereocenters. The number of nitrogens with one attached hydrogen (secondary N) is 3. The highest BCUT2D eigenvalue weighted by Gasteiger charge is 2.30. The molecule has 0 radical (unpaired) electrons. The molecule has 12 heteroatoms. The number of carbonyl (C=O) groups excluding carboxylic acids is 1. The maximum absolute atomic E-state index is 13.8. The minimum absolute atomic E-state index is 0.0213. The molecule has 6 nitrogen and oxygen atoms in total. The molecule has 0 spiro atoms. The van der Waals surface area contributed by atoms with E-state index >= 15 is 0 Å². The van der Waals surface area contributed by atoms with E-state index in [9.17, 15) is 31.1 Å². The number of halogens is 6. The number of aromatic amines is 1. The fourth-order valence-corrected chi connectivity index (χ4v) is 3.08. The van der Waals surface area contributed by atoms with Gasteiger partial charge in [0.2, 0.25) is 0 Å². The Bertz CT molecular complexity index is 1370. The Hall–Kier alpha value is -4.22. The van der Waals surface area contributed by atoms with Gasteiger partial charge >= 0.3 is 12.2 Å². The normalized spacial score (nSPS) is 11.5. The van der Waals surface area contributed by atoms with Gasteiger partial charge in [0.05, 0.1) is 16.6 Å². The number of fused-ring (bicyclic) bond motifs is 1. The average molecular weight is 480 g/mol. The Labute approximate surface area is 187 Å². The van der Waals surface area contributed by atoms with Gasteiger partial charge in [-0.05, 0) is 48.5 Å². The summed E-state index contributed by atoms with van der Waals surface area (Å²) in [7, 11) is 0. The zero-order chi connectivity index (χ0) is 24.5. The number of carbonyl (C=O) groups is 1. The molecule has 0 aliphatic rings. The van der Waals surface area contributed by atoms with Crippen molar-refractivity contribution in [1.29, 1.82) is 0 Å². The van der Waals surface area contributed by atoms with Crippen molar-refractivity contribution in [3.63, 3.8) is 0 Å². The number of urea groups is 1. The highest BCUT2D eigenvalue weighted by atomic mass is 19.4. The van der Waals surface area contributed by atoms with Gasteiger partial charge in [0.15, 0.2) is 17.5 Å². The molecule has 34 heavy (non-hydrogen) atoms. The third-order valence-electron chi connectivity index (χ3n) is 4.74. The SMILES string of the molecule is O=C(Nc1cccc(C(F)(F)F)c1)Nc1n[nH]c2ccc(OCc3c(F)ccc(F)c3F)cc12. The number of ether oxygens (including phenoxy) is 1. The van der Waals surface area contributed by atoms with Gasteiger partial charge in [-0.1, -0.05) is 6.07 Å². The van der Waals surface area contributed by atoms with Crippen LogP contribution in [0.25, 0.3) is 10.9 Å². The lowest BCUT2D eigenvalue weighted by Gasteiger charge is -2.10. The maximum atomic E-state index is 13.8. The number of H-pyrrole nitrogens is 1. The number of nitrogens with zero attached hydrogens (tertiary/aromatic N) is 1. The number of benzene rings is 3. The lowest BCUT2D eigenvalue weighted by Crippen LogP contribution is -2.20. The molecule has 0 saturated carbocycles. The largest absolute Gasteiger partial charge is 0.489 e. The number of rotatable bonds is 5. The molecular weight excluding hydrogens is 466 g/mol. The summed E-state index contributed by atoms with van der Waals surface area (Å²) in [5, 5.41) is 11.6. The summed E-state index contributed by atoms with van der Waals surface area (Å²) in [4.78, 5) is 12.3. The van der Waals surface area contributed by atoms with E-state index in [0.29, 0.717) is 17.0 Å². The highest BCUT2D eigenvalue weighted by Crippen LogP contribution is 2.31. The standard InChI is InChI=1S/C22H14F6N4O2/c23-16-5-6-17(24)19(25)15(16)10-34-13-4-7-18-14(9-13)20(32-31-18)30-21(33)29-12-3-1-2-11(8-12)22(26,27)28/h1-9H,10H2,(H3,29,30,31,32,33). The van der Waals surface area contributed by atoms with Crippen LogP contribution in [0.4, 0.5) is 42.6 Å². The molecule has 3 aromatic carbocycles. The second-order valence-electron chi connectivity index (χ2n) is 7.05. The van der Waals surface area contributed by atoms with Crippen molar-refractivity contribution in [2.75, 3.05) is 10.6 Å². The van der Waals surface area contributed by atoms with Crippen LogP contribution in [0.3, 0.4) is 0 Å². The van der Waals surface area contributed by atoms with Gasteiger partial charge in [-0.15, -0.1) is 0 Å². The molecule has 0 bridgehead atoms. The summed E-state index contributed by atoms with van der Waals surface area (Å²) in [6.07, 6.45) is -4.57. The second-order valence-corrected chi connectivity index (χ2v) is 7.05. The predicted molar refractivity (Wildman–Crippen MR) is 111 cm³/mol. The van der Waals surface area contributed by atoms with Crippen molar-refractivity contribution >= 4 is 28.4 Å². The molecule has 0 aliphatic carbocycles. The first-order chi connectivity index (χ1) is 16.1. The highest BCUT2D eigenvalue weighted by molar-refractivity contribution is 6.04. The molecule has 176 valence electrons. The number of hydrogen-bond donors (Lipinski definition) is 3. The number of alkyl halides is 3. The van der Waals surface area contributed by atoms with Crippen LogP contribution in [0.1, 0.15) is 11.1 Å². The van der Waals surface area contributed by atoms with E-state index in [1.807, 2.05) is 0 Å². The van der Waals surface area contributed by atoms with Crippen molar-refractivity contribution in [2.24, 2.45) is 0 Å². The third kappa shape index (κ3) is 4.90. The van der Waals surface area contributed by atoms with E-state index < -0.39 is 47.4 Å². The molecule has 0 fully saturated rings. The first kappa shape index (κ1) is 23.0. The minimum atomic E-state index is -4.57. The molecule has 2 amide bonds. The lowest BCUT2D eigenvalue weighted by molar-refractivity contribution is -0.137. The lowest BCUT2D eigenvalue weighted by atomic mass is 10.2. The van der Waals surface area contributed by atoms with Crippen molar-refractivity contribution in [2.45, 2.75) is 12.8 Å². The summed E-state index contributed by atoms with van der Waals surface area (Å²) >= 11 is 0. The van der Waals surface area contributed by atoms with Gasteiger partial charge < -0.3 is 10.1 Å². The molecule has 0 atom stereocenters. The van der Waals surface area contributed by atoms with Crippen LogP contribution in [0.2, 0.25) is 0 Å². The van der Waals surface area contributed by atoms with E-state index in [4.69, 9.17) is 4.74 Å². The average Bonchev–Trinajstić information content (AvgIpc) is 3.18. The van der Waals surface area contributed by atoms with E-state index in [1.54, 1.807) is 0 Å². The van der Waals surface area contributed by atoms with Crippen LogP contribution >= 0.6 is 0 Å². The molecule has 3 N–H and O–H groups in total. The fraction of sp³-hybridized carbons (Fsp3) is 0.0909. The van der Waals surface area contributed by atoms with E-state index in [-0.39, 0.29) is 17.3 Å². The minimum Gasteiger partial charge on any atom is -0.489 e. The molecule has 4 rings (SSSR count). The Morgan fingerprint density at radius 2 is 1.74 bits per heavy atom. The predicted octanol–water partition coefficient (Wildman–Crippen LogP) is 6.22. The van der Waals surface area contributed by atoms with Crippen LogP contribution in [-0.2, 0) is 12.8 Å². The third-order valence-corrected chi connectivity index (χ3v) is 4.74. The summed E-state index contributed by atoms with van der Waals surface area (Å²) < 4.78 is 84.9. The van der Waals surface area contributed by atoms with Gasteiger partial charge in [-0.3, -0.25) is 10.4 Å². The summed E-state index contributed by atoms with van der Waals surface area (Å²) in [5.41, 5.74) is -1.14. The molecule has 1 heterocycles. The molecule has 0 aliphatic heterocycles. The smallest absolute Gasteiger partial charge is 0.416 e. The van der Waals surface area contributed by atoms with Crippen LogP contribution in [0.15, 0.2) is 54.6 Å². The molecule has 1 aromatic heterocycles. The second kappa shape index (κ2) is 8.96.